The summed E-state index contributed by atoms with van der Waals surface area (Å²) in [5.41, 5.74) is 3.48. The maximum absolute atomic E-state index is 13.4. The zero-order chi connectivity index (χ0) is 21.9. The number of halogens is 1. The van der Waals surface area contributed by atoms with Crippen molar-refractivity contribution in [2.75, 3.05) is 31.6 Å². The Kier molecular flexibility index (Phi) is 5.90. The molecule has 166 valence electrons. The average molecular weight is 435 g/mol. The number of nitrogens with zero attached hydrogens (tertiary/aromatic N) is 2. The van der Waals surface area contributed by atoms with Gasteiger partial charge in [-0.3, -0.25) is 9.69 Å². The van der Waals surface area contributed by atoms with Gasteiger partial charge in [0.25, 0.3) is 0 Å². The quantitative estimate of drug-likeness (QED) is 0.570. The number of hydrogen-bond acceptors (Lipinski definition) is 5. The van der Waals surface area contributed by atoms with Crippen LogP contribution in [0.2, 0.25) is 0 Å². The first kappa shape index (κ1) is 20.7. The molecule has 0 unspecified atom stereocenters. The van der Waals surface area contributed by atoms with Gasteiger partial charge >= 0.3 is 0 Å². The molecule has 2 aromatic carbocycles. The average Bonchev–Trinajstić information content (AvgIpc) is 3.22. The van der Waals surface area contributed by atoms with E-state index in [4.69, 9.17) is 9.26 Å². The van der Waals surface area contributed by atoms with Crippen LogP contribution < -0.4 is 10.1 Å². The summed E-state index contributed by atoms with van der Waals surface area (Å²) in [6, 6.07) is 10.5. The molecule has 0 atom stereocenters. The fraction of sp³-hybridized carbons (Fsp3) is 0.360. The first-order valence-corrected chi connectivity index (χ1v) is 11.1. The monoisotopic (exact) mass is 435 g/mol. The summed E-state index contributed by atoms with van der Waals surface area (Å²) in [5, 5.41) is 8.04. The number of carbonyl (C=O) groups is 1. The van der Waals surface area contributed by atoms with Crippen molar-refractivity contribution in [3.8, 4) is 5.75 Å². The van der Waals surface area contributed by atoms with Crippen molar-refractivity contribution in [3.05, 3.63) is 65.6 Å². The number of piperidine rings is 1. The van der Waals surface area contributed by atoms with Crippen LogP contribution in [0.1, 0.15) is 36.4 Å². The SMILES string of the molecule is O=C1CCc2ccc(OCC=CCN3CCC(c4noc5cc(F)ccc45)CC3)cc2N1. The predicted molar refractivity (Wildman–Crippen MR) is 120 cm³/mol. The van der Waals surface area contributed by atoms with Crippen molar-refractivity contribution in [3.63, 3.8) is 0 Å². The Hall–Kier alpha value is -3.19. The van der Waals surface area contributed by atoms with Gasteiger partial charge in [0.15, 0.2) is 5.58 Å². The third-order valence-corrected chi connectivity index (χ3v) is 6.29. The van der Waals surface area contributed by atoms with E-state index < -0.39 is 0 Å². The number of ether oxygens (including phenoxy) is 1. The van der Waals surface area contributed by atoms with Crippen LogP contribution in [0.3, 0.4) is 0 Å². The van der Waals surface area contributed by atoms with Gasteiger partial charge < -0.3 is 14.6 Å². The number of likely N-dealkylation sites (tertiary alicyclic amines) is 1. The Bertz CT molecular complexity index is 1150. The summed E-state index contributed by atoms with van der Waals surface area (Å²) in [6.45, 7) is 3.33. The van der Waals surface area contributed by atoms with E-state index in [-0.39, 0.29) is 11.7 Å². The lowest BCUT2D eigenvalue weighted by molar-refractivity contribution is -0.116. The van der Waals surface area contributed by atoms with Crippen molar-refractivity contribution in [2.45, 2.75) is 31.6 Å². The van der Waals surface area contributed by atoms with Gasteiger partial charge in [0.05, 0.1) is 5.69 Å². The Balaban J connectivity index is 1.08. The minimum Gasteiger partial charge on any atom is -0.489 e. The van der Waals surface area contributed by atoms with Crippen molar-refractivity contribution < 1.29 is 18.4 Å². The molecule has 0 spiro atoms. The van der Waals surface area contributed by atoms with Crippen molar-refractivity contribution in [1.29, 1.82) is 0 Å². The highest BCUT2D eigenvalue weighted by Gasteiger charge is 2.24. The van der Waals surface area contributed by atoms with Gasteiger partial charge in [-0.25, -0.2) is 4.39 Å². The molecule has 0 bridgehead atoms. The Labute approximate surface area is 186 Å². The number of rotatable bonds is 6. The normalized spacial score (nSPS) is 17.6. The van der Waals surface area contributed by atoms with Gasteiger partial charge in [0.2, 0.25) is 5.91 Å². The number of carbonyl (C=O) groups excluding carboxylic acids is 1. The summed E-state index contributed by atoms with van der Waals surface area (Å²) in [7, 11) is 0. The second-order valence-electron chi connectivity index (χ2n) is 8.43. The summed E-state index contributed by atoms with van der Waals surface area (Å²) in [5.74, 6) is 0.860. The molecule has 3 heterocycles. The van der Waals surface area contributed by atoms with E-state index >= 15 is 0 Å². The first-order valence-electron chi connectivity index (χ1n) is 11.1. The zero-order valence-corrected chi connectivity index (χ0v) is 17.9. The summed E-state index contributed by atoms with van der Waals surface area (Å²) < 4.78 is 24.5. The van der Waals surface area contributed by atoms with Crippen molar-refractivity contribution >= 4 is 22.6 Å². The number of fused-ring (bicyclic) bond motifs is 2. The third-order valence-electron chi connectivity index (χ3n) is 6.29. The number of amides is 1. The second-order valence-corrected chi connectivity index (χ2v) is 8.43. The molecule has 6 nitrogen and oxygen atoms in total. The number of aryl methyl sites for hydroxylation is 1. The van der Waals surface area contributed by atoms with Gasteiger partial charge in [0.1, 0.15) is 18.2 Å². The lowest BCUT2D eigenvalue weighted by Crippen LogP contribution is -2.33. The van der Waals surface area contributed by atoms with E-state index in [0.29, 0.717) is 24.5 Å². The predicted octanol–water partition coefficient (Wildman–Crippen LogP) is 4.67. The molecule has 0 radical (unpaired) electrons. The number of benzene rings is 2. The van der Waals surface area contributed by atoms with Gasteiger partial charge in [-0.1, -0.05) is 23.4 Å². The van der Waals surface area contributed by atoms with Crippen LogP contribution in [-0.2, 0) is 11.2 Å². The number of anilines is 1. The zero-order valence-electron chi connectivity index (χ0n) is 17.9. The largest absolute Gasteiger partial charge is 0.489 e. The Morgan fingerprint density at radius 3 is 2.91 bits per heavy atom. The lowest BCUT2D eigenvalue weighted by atomic mass is 9.91. The van der Waals surface area contributed by atoms with E-state index in [9.17, 15) is 9.18 Å². The van der Waals surface area contributed by atoms with Gasteiger partial charge in [-0.15, -0.1) is 0 Å². The Morgan fingerprint density at radius 1 is 1.16 bits per heavy atom. The molecule has 1 aromatic heterocycles. The highest BCUT2D eigenvalue weighted by Crippen LogP contribution is 2.32. The maximum Gasteiger partial charge on any atom is 0.224 e. The molecule has 0 aliphatic carbocycles. The maximum atomic E-state index is 13.4. The molecule has 1 fully saturated rings. The molecule has 1 N–H and O–H groups in total. The van der Waals surface area contributed by atoms with Crippen molar-refractivity contribution in [1.82, 2.24) is 10.1 Å². The molecular weight excluding hydrogens is 409 g/mol. The molecular formula is C25H26FN3O3. The van der Waals surface area contributed by atoms with Gasteiger partial charge in [0, 0.05) is 42.1 Å². The highest BCUT2D eigenvalue weighted by atomic mass is 19.1. The molecule has 32 heavy (non-hydrogen) atoms. The van der Waals surface area contributed by atoms with Crippen LogP contribution in [0, 0.1) is 5.82 Å². The van der Waals surface area contributed by atoms with Crippen LogP contribution >= 0.6 is 0 Å². The van der Waals surface area contributed by atoms with E-state index in [0.717, 1.165) is 67.0 Å². The van der Waals surface area contributed by atoms with Crippen LogP contribution in [0.25, 0.3) is 11.0 Å². The molecule has 5 rings (SSSR count). The van der Waals surface area contributed by atoms with Crippen LogP contribution in [0.15, 0.2) is 53.1 Å². The van der Waals surface area contributed by atoms with Gasteiger partial charge in [-0.05, 0) is 56.1 Å². The molecule has 1 saturated heterocycles. The third kappa shape index (κ3) is 4.53. The Morgan fingerprint density at radius 2 is 2.03 bits per heavy atom. The minimum atomic E-state index is -0.302. The molecule has 0 saturated carbocycles. The number of aromatic nitrogens is 1. The first-order chi connectivity index (χ1) is 15.7. The fourth-order valence-electron chi connectivity index (χ4n) is 4.49. The van der Waals surface area contributed by atoms with Gasteiger partial charge in [-0.2, -0.15) is 0 Å². The van der Waals surface area contributed by atoms with Crippen LogP contribution in [-0.4, -0.2) is 42.2 Å². The van der Waals surface area contributed by atoms with E-state index in [1.807, 2.05) is 24.3 Å². The highest BCUT2D eigenvalue weighted by molar-refractivity contribution is 5.94. The topological polar surface area (TPSA) is 67.6 Å². The van der Waals surface area contributed by atoms with Crippen LogP contribution in [0.4, 0.5) is 10.1 Å². The number of hydrogen-bond donors (Lipinski definition) is 1. The fourth-order valence-corrected chi connectivity index (χ4v) is 4.49. The summed E-state index contributed by atoms with van der Waals surface area (Å²) >= 11 is 0. The molecule has 1 amide bonds. The van der Waals surface area contributed by atoms with E-state index in [2.05, 4.69) is 21.4 Å². The summed E-state index contributed by atoms with van der Waals surface area (Å²) in [6.07, 6.45) is 7.50. The number of nitrogens with one attached hydrogen (secondary N) is 1. The standard InChI is InChI=1S/C25H26FN3O3/c26-19-5-7-21-23(15-19)32-28-25(21)18-9-12-29(13-10-18)11-1-2-14-31-20-6-3-17-4-8-24(30)27-22(17)16-20/h1-3,5-7,15-16,18H,4,8-14H2,(H,27,30). The molecule has 3 aromatic rings. The minimum absolute atomic E-state index is 0.0592. The second kappa shape index (κ2) is 9.12. The lowest BCUT2D eigenvalue weighted by Gasteiger charge is -2.30. The smallest absolute Gasteiger partial charge is 0.224 e. The molecule has 2 aliphatic rings. The van der Waals surface area contributed by atoms with E-state index in [1.54, 1.807) is 6.07 Å². The molecule has 7 heteroatoms. The summed E-state index contributed by atoms with van der Waals surface area (Å²) in [4.78, 5) is 14.0. The molecule has 2 aliphatic heterocycles. The van der Waals surface area contributed by atoms with Crippen molar-refractivity contribution in [2.24, 2.45) is 0 Å². The van der Waals surface area contributed by atoms with Crippen LogP contribution in [0.5, 0.6) is 5.75 Å². The van der Waals surface area contributed by atoms with E-state index in [1.165, 1.54) is 12.1 Å².